The summed E-state index contributed by atoms with van der Waals surface area (Å²) in [6.45, 7) is 0.481. The number of pyridine rings is 1. The van der Waals surface area contributed by atoms with E-state index in [1.54, 1.807) is 31.0 Å². The molecule has 5 aromatic rings. The number of fused-ring (bicyclic) bond motifs is 1. The molecular weight excluding hydrogens is 376 g/mol. The predicted molar refractivity (Wildman–Crippen MR) is 115 cm³/mol. The number of nitrogens with zero attached hydrogens (tertiary/aromatic N) is 6. The van der Waals surface area contributed by atoms with Crippen LogP contribution in [0, 0.1) is 0 Å². The van der Waals surface area contributed by atoms with E-state index >= 15 is 0 Å². The van der Waals surface area contributed by atoms with Crippen LogP contribution < -0.4 is 11.1 Å². The van der Waals surface area contributed by atoms with E-state index in [0.29, 0.717) is 23.9 Å². The Labute approximate surface area is 172 Å². The van der Waals surface area contributed by atoms with Crippen molar-refractivity contribution < 1.29 is 0 Å². The van der Waals surface area contributed by atoms with Crippen molar-refractivity contribution in [2.24, 2.45) is 0 Å². The zero-order chi connectivity index (χ0) is 20.3. The molecule has 0 fully saturated rings. The third kappa shape index (κ3) is 3.42. The second kappa shape index (κ2) is 7.59. The predicted octanol–water partition coefficient (Wildman–Crippen LogP) is 3.44. The Morgan fingerprint density at radius 2 is 1.83 bits per heavy atom. The average molecular weight is 394 g/mol. The number of aromatic nitrogens is 6. The maximum atomic E-state index is 5.91. The summed E-state index contributed by atoms with van der Waals surface area (Å²) in [6, 6.07) is 14.0. The van der Waals surface area contributed by atoms with Crippen molar-refractivity contribution in [3.05, 3.63) is 85.3 Å². The molecule has 0 atom stereocenters. The fourth-order valence-electron chi connectivity index (χ4n) is 3.30. The number of benzene rings is 1. The first kappa shape index (κ1) is 17.7. The second-order valence-corrected chi connectivity index (χ2v) is 6.73. The number of rotatable bonds is 5. The molecule has 0 radical (unpaired) electrons. The van der Waals surface area contributed by atoms with E-state index in [2.05, 4.69) is 32.4 Å². The van der Waals surface area contributed by atoms with Crippen molar-refractivity contribution in [3.63, 3.8) is 0 Å². The minimum absolute atomic E-state index is 0.481. The number of hydrogen-bond donors (Lipinski definition) is 2. The fraction of sp³-hybridized carbons (Fsp3) is 0.0455. The molecule has 1 aromatic carbocycles. The summed E-state index contributed by atoms with van der Waals surface area (Å²) in [4.78, 5) is 17.4. The summed E-state index contributed by atoms with van der Waals surface area (Å²) in [7, 11) is 0. The minimum atomic E-state index is 0.481. The molecule has 0 saturated carbocycles. The largest absolute Gasteiger partial charge is 0.397 e. The first-order valence-corrected chi connectivity index (χ1v) is 9.42. The number of nitrogens with two attached hydrogens (primary N) is 1. The van der Waals surface area contributed by atoms with E-state index in [1.807, 2.05) is 41.0 Å². The molecule has 0 aliphatic carbocycles. The fourth-order valence-corrected chi connectivity index (χ4v) is 3.30. The van der Waals surface area contributed by atoms with E-state index in [9.17, 15) is 0 Å². The summed E-state index contributed by atoms with van der Waals surface area (Å²) in [6.07, 6.45) is 10.3. The Kier molecular flexibility index (Phi) is 4.49. The lowest BCUT2D eigenvalue weighted by Gasteiger charge is -2.11. The molecule has 30 heavy (non-hydrogen) atoms. The van der Waals surface area contributed by atoms with Gasteiger partial charge in [-0.2, -0.15) is 0 Å². The second-order valence-electron chi connectivity index (χ2n) is 6.73. The third-order valence-electron chi connectivity index (χ3n) is 4.67. The smallest absolute Gasteiger partial charge is 0.183 e. The van der Waals surface area contributed by atoms with E-state index in [4.69, 9.17) is 15.8 Å². The van der Waals surface area contributed by atoms with Gasteiger partial charge in [0.1, 0.15) is 5.52 Å². The van der Waals surface area contributed by atoms with Crippen LogP contribution in [0.15, 0.2) is 79.6 Å². The van der Waals surface area contributed by atoms with Gasteiger partial charge in [-0.25, -0.2) is 9.50 Å². The summed E-state index contributed by atoms with van der Waals surface area (Å²) in [5.41, 5.74) is 11.0. The maximum absolute atomic E-state index is 5.91. The van der Waals surface area contributed by atoms with Gasteiger partial charge in [-0.15, -0.1) is 5.10 Å². The van der Waals surface area contributed by atoms with Gasteiger partial charge in [-0.3, -0.25) is 15.0 Å². The third-order valence-corrected chi connectivity index (χ3v) is 4.67. The van der Waals surface area contributed by atoms with E-state index < -0.39 is 0 Å². The lowest BCUT2D eigenvalue weighted by atomic mass is 10.1. The lowest BCUT2D eigenvalue weighted by Crippen LogP contribution is -2.08. The van der Waals surface area contributed by atoms with Crippen molar-refractivity contribution in [1.82, 2.24) is 29.5 Å². The van der Waals surface area contributed by atoms with Gasteiger partial charge in [0.05, 0.1) is 24.1 Å². The molecule has 0 aliphatic heterocycles. The quantitative estimate of drug-likeness (QED) is 0.470. The molecule has 0 saturated heterocycles. The maximum Gasteiger partial charge on any atom is 0.183 e. The highest BCUT2D eigenvalue weighted by Crippen LogP contribution is 2.31. The molecule has 8 nitrogen and oxygen atoms in total. The minimum Gasteiger partial charge on any atom is -0.397 e. The highest BCUT2D eigenvalue weighted by Gasteiger charge is 2.15. The molecule has 0 bridgehead atoms. The van der Waals surface area contributed by atoms with E-state index in [1.165, 1.54) is 0 Å². The normalized spacial score (nSPS) is 10.9. The van der Waals surface area contributed by atoms with Crippen LogP contribution in [0.25, 0.3) is 28.0 Å². The molecule has 0 aliphatic rings. The van der Waals surface area contributed by atoms with Gasteiger partial charge < -0.3 is 11.1 Å². The molecule has 4 aromatic heterocycles. The van der Waals surface area contributed by atoms with Crippen molar-refractivity contribution in [3.8, 4) is 22.5 Å². The van der Waals surface area contributed by atoms with Crippen molar-refractivity contribution in [1.29, 1.82) is 0 Å². The molecule has 5 rings (SSSR count). The Balaban J connectivity index is 1.65. The molecule has 0 spiro atoms. The Morgan fingerprint density at radius 1 is 0.933 bits per heavy atom. The zero-order valence-electron chi connectivity index (χ0n) is 16.0. The number of nitrogens with one attached hydrogen (secondary N) is 1. The first-order chi connectivity index (χ1) is 14.8. The Morgan fingerprint density at radius 3 is 2.63 bits per heavy atom. The first-order valence-electron chi connectivity index (χ1n) is 9.42. The monoisotopic (exact) mass is 394 g/mol. The number of nitrogen functional groups attached to an aromatic ring is 1. The van der Waals surface area contributed by atoms with Gasteiger partial charge in [0.2, 0.25) is 0 Å². The van der Waals surface area contributed by atoms with Crippen molar-refractivity contribution in [2.75, 3.05) is 11.1 Å². The average Bonchev–Trinajstić information content (AvgIpc) is 3.23. The van der Waals surface area contributed by atoms with Gasteiger partial charge in [-0.1, -0.05) is 30.3 Å². The topological polar surface area (TPSA) is 107 Å². The highest BCUT2D eigenvalue weighted by molar-refractivity contribution is 5.89. The SMILES string of the molecule is Nc1cncc(-c2nc(NCc3cnccn3)c3c(-c4ccccc4)ccn3n2)c1. The standard InChI is InChI=1S/C22H18N8/c23-17-10-16(11-25-12-17)21-28-22(27-14-18-13-24-7-8-26-18)20-19(6-9-30(20)29-21)15-4-2-1-3-5-15/h1-13H,14,23H2,(H,27,28,29). The molecule has 4 heterocycles. The Hall–Kier alpha value is -4.33. The zero-order valence-corrected chi connectivity index (χ0v) is 16.0. The van der Waals surface area contributed by atoms with Crippen LogP contribution >= 0.6 is 0 Å². The molecule has 8 heteroatoms. The summed E-state index contributed by atoms with van der Waals surface area (Å²) in [5, 5.41) is 8.09. The molecule has 0 unspecified atom stereocenters. The van der Waals surface area contributed by atoms with Gasteiger partial charge in [-0.05, 0) is 17.7 Å². The van der Waals surface area contributed by atoms with Crippen LogP contribution in [0.3, 0.4) is 0 Å². The van der Waals surface area contributed by atoms with Crippen LogP contribution in [0.2, 0.25) is 0 Å². The van der Waals surface area contributed by atoms with Crippen molar-refractivity contribution in [2.45, 2.75) is 6.54 Å². The summed E-state index contributed by atoms with van der Waals surface area (Å²) in [5.74, 6) is 1.22. The lowest BCUT2D eigenvalue weighted by molar-refractivity contribution is 0.904. The van der Waals surface area contributed by atoms with E-state index in [-0.39, 0.29) is 0 Å². The Bertz CT molecular complexity index is 1300. The van der Waals surface area contributed by atoms with Gasteiger partial charge in [0.15, 0.2) is 11.6 Å². The van der Waals surface area contributed by atoms with Crippen LogP contribution in [0.5, 0.6) is 0 Å². The highest BCUT2D eigenvalue weighted by atomic mass is 15.3. The van der Waals surface area contributed by atoms with Crippen LogP contribution in [0.4, 0.5) is 11.5 Å². The van der Waals surface area contributed by atoms with Gasteiger partial charge in [0.25, 0.3) is 0 Å². The number of anilines is 2. The summed E-state index contributed by atoms with van der Waals surface area (Å²) >= 11 is 0. The van der Waals surface area contributed by atoms with Crippen LogP contribution in [-0.4, -0.2) is 29.5 Å². The number of hydrogen-bond acceptors (Lipinski definition) is 7. The molecule has 0 amide bonds. The van der Waals surface area contributed by atoms with Crippen LogP contribution in [0.1, 0.15) is 5.69 Å². The van der Waals surface area contributed by atoms with Crippen LogP contribution in [-0.2, 0) is 6.54 Å². The van der Waals surface area contributed by atoms with Gasteiger partial charge >= 0.3 is 0 Å². The molecular formula is C22H18N8. The van der Waals surface area contributed by atoms with Crippen molar-refractivity contribution >= 4 is 17.0 Å². The molecule has 3 N–H and O–H groups in total. The van der Waals surface area contributed by atoms with Gasteiger partial charge in [0, 0.05) is 42.1 Å². The van der Waals surface area contributed by atoms with E-state index in [0.717, 1.165) is 27.9 Å². The summed E-state index contributed by atoms with van der Waals surface area (Å²) < 4.78 is 1.83. The molecule has 146 valence electrons.